The number of imidazole rings is 1. The molecule has 0 radical (unpaired) electrons. The van der Waals surface area contributed by atoms with Gasteiger partial charge < -0.3 is 15.0 Å². The summed E-state index contributed by atoms with van der Waals surface area (Å²) in [6, 6.07) is 0. The van der Waals surface area contributed by atoms with E-state index in [1.807, 2.05) is 0 Å². The number of anilines is 1. The number of rotatable bonds is 2. The molecule has 2 aromatic rings. The molecule has 1 saturated heterocycles. The van der Waals surface area contributed by atoms with Gasteiger partial charge in [0.1, 0.15) is 5.69 Å². The first-order valence-corrected chi connectivity index (χ1v) is 6.22. The monoisotopic (exact) mass is 281 g/mol. The van der Waals surface area contributed by atoms with Crippen molar-refractivity contribution < 1.29 is 13.6 Å². The lowest BCUT2D eigenvalue weighted by Crippen LogP contribution is -2.40. The first-order valence-electron chi connectivity index (χ1n) is 6.22. The van der Waals surface area contributed by atoms with Gasteiger partial charge in [0.05, 0.1) is 0 Å². The zero-order valence-corrected chi connectivity index (χ0v) is 10.6. The van der Waals surface area contributed by atoms with Crippen LogP contribution >= 0.6 is 0 Å². The summed E-state index contributed by atoms with van der Waals surface area (Å²) in [7, 11) is 0. The second kappa shape index (κ2) is 4.39. The van der Waals surface area contributed by atoms with Gasteiger partial charge in [0, 0.05) is 44.5 Å². The van der Waals surface area contributed by atoms with Crippen LogP contribution in [0.25, 0.3) is 5.65 Å². The maximum atomic E-state index is 13.2. The van der Waals surface area contributed by atoms with Crippen molar-refractivity contribution in [3.63, 3.8) is 0 Å². The molecule has 0 aromatic carbocycles. The number of halogens is 2. The van der Waals surface area contributed by atoms with Crippen molar-refractivity contribution in [3.05, 3.63) is 24.3 Å². The van der Waals surface area contributed by atoms with E-state index >= 15 is 0 Å². The van der Waals surface area contributed by atoms with E-state index in [1.165, 1.54) is 6.20 Å². The molecule has 8 heteroatoms. The van der Waals surface area contributed by atoms with Gasteiger partial charge in [0.15, 0.2) is 11.5 Å². The molecule has 0 unspecified atom stereocenters. The maximum Gasteiger partial charge on any atom is 0.268 e. The van der Waals surface area contributed by atoms with Gasteiger partial charge in [-0.25, -0.2) is 18.7 Å². The summed E-state index contributed by atoms with van der Waals surface area (Å²) >= 11 is 0. The Kier molecular flexibility index (Phi) is 2.81. The van der Waals surface area contributed by atoms with E-state index in [0.29, 0.717) is 11.5 Å². The highest BCUT2D eigenvalue weighted by atomic mass is 19.3. The van der Waals surface area contributed by atoms with E-state index in [1.54, 1.807) is 21.7 Å². The Bertz CT molecular complexity index is 659. The zero-order chi connectivity index (χ0) is 14.3. The molecule has 1 aliphatic rings. The van der Waals surface area contributed by atoms with Gasteiger partial charge in [0.25, 0.3) is 11.8 Å². The Labute approximate surface area is 113 Å². The van der Waals surface area contributed by atoms with Crippen LogP contribution in [0.5, 0.6) is 0 Å². The van der Waals surface area contributed by atoms with Gasteiger partial charge in [-0.15, -0.1) is 0 Å². The molecule has 1 amide bonds. The number of amides is 1. The molecule has 3 heterocycles. The molecule has 1 aliphatic heterocycles. The second-order valence-electron chi connectivity index (χ2n) is 4.82. The van der Waals surface area contributed by atoms with Gasteiger partial charge in [-0.05, 0) is 0 Å². The largest absolute Gasteiger partial charge is 0.364 e. The lowest BCUT2D eigenvalue weighted by molar-refractivity contribution is -0.0221. The Hall–Kier alpha value is -2.25. The third-order valence-corrected chi connectivity index (χ3v) is 3.40. The zero-order valence-electron chi connectivity index (χ0n) is 10.6. The minimum Gasteiger partial charge on any atom is -0.364 e. The second-order valence-corrected chi connectivity index (χ2v) is 4.82. The maximum absolute atomic E-state index is 13.2. The molecule has 0 atom stereocenters. The van der Waals surface area contributed by atoms with Gasteiger partial charge >= 0.3 is 0 Å². The SMILES string of the molecule is NC(=O)c1cn2ccnc2c(N2CCC(F)(F)CC2)n1. The number of alkyl halides is 2. The number of hydrogen-bond donors (Lipinski definition) is 1. The van der Waals surface area contributed by atoms with Gasteiger partial charge in [-0.3, -0.25) is 4.79 Å². The predicted molar refractivity (Wildman–Crippen MR) is 67.9 cm³/mol. The minimum atomic E-state index is -2.64. The van der Waals surface area contributed by atoms with Crippen molar-refractivity contribution in [3.8, 4) is 0 Å². The minimum absolute atomic E-state index is 0.0860. The summed E-state index contributed by atoms with van der Waals surface area (Å²) in [4.78, 5) is 21.3. The van der Waals surface area contributed by atoms with E-state index in [0.717, 1.165) is 0 Å². The highest BCUT2D eigenvalue weighted by Gasteiger charge is 2.35. The Morgan fingerprint density at radius 1 is 1.35 bits per heavy atom. The van der Waals surface area contributed by atoms with Gasteiger partial charge in [-0.2, -0.15) is 0 Å². The van der Waals surface area contributed by atoms with Crippen LogP contribution in [0.15, 0.2) is 18.6 Å². The standard InChI is InChI=1S/C12H13F2N5O/c13-12(14)1-4-18(5-2-12)11-10-16-3-6-19(10)7-8(17-11)9(15)20/h3,6-7H,1-2,4-5H2,(H2,15,20). The summed E-state index contributed by atoms with van der Waals surface area (Å²) < 4.78 is 28.0. The number of nitrogens with two attached hydrogens (primary N) is 1. The van der Waals surface area contributed by atoms with Crippen molar-refractivity contribution in [1.29, 1.82) is 0 Å². The molecular formula is C12H13F2N5O. The van der Waals surface area contributed by atoms with Crippen LogP contribution in [0.1, 0.15) is 23.3 Å². The Balaban J connectivity index is 2.02. The van der Waals surface area contributed by atoms with Crippen LogP contribution in [0.2, 0.25) is 0 Å². The van der Waals surface area contributed by atoms with Crippen LogP contribution in [0, 0.1) is 0 Å². The van der Waals surface area contributed by atoms with Crippen LogP contribution in [0.3, 0.4) is 0 Å². The molecule has 0 saturated carbocycles. The van der Waals surface area contributed by atoms with Crippen LogP contribution in [0.4, 0.5) is 14.6 Å². The third-order valence-electron chi connectivity index (χ3n) is 3.40. The van der Waals surface area contributed by atoms with Crippen LogP contribution < -0.4 is 10.6 Å². The molecule has 0 aliphatic carbocycles. The fraction of sp³-hybridized carbons (Fsp3) is 0.417. The van der Waals surface area contributed by atoms with Crippen LogP contribution in [-0.4, -0.2) is 39.3 Å². The number of carbonyl (C=O) groups excluding carboxylic acids is 1. The predicted octanol–water partition coefficient (Wildman–Crippen LogP) is 1.06. The summed E-state index contributed by atoms with van der Waals surface area (Å²) in [6.45, 7) is 0.343. The van der Waals surface area contributed by atoms with E-state index in [9.17, 15) is 13.6 Å². The van der Waals surface area contributed by atoms with Crippen molar-refractivity contribution in [2.24, 2.45) is 5.73 Å². The van der Waals surface area contributed by atoms with E-state index in [2.05, 4.69) is 9.97 Å². The average Bonchev–Trinajstić information content (AvgIpc) is 2.85. The summed E-state index contributed by atoms with van der Waals surface area (Å²) in [5.74, 6) is -2.88. The van der Waals surface area contributed by atoms with Crippen molar-refractivity contribution in [1.82, 2.24) is 14.4 Å². The summed E-state index contributed by atoms with van der Waals surface area (Å²) in [6.07, 6.45) is 4.23. The Morgan fingerprint density at radius 3 is 2.70 bits per heavy atom. The number of carbonyl (C=O) groups is 1. The average molecular weight is 281 g/mol. The fourth-order valence-corrected chi connectivity index (χ4v) is 2.29. The summed E-state index contributed by atoms with van der Waals surface area (Å²) in [5, 5.41) is 0. The van der Waals surface area contributed by atoms with Crippen molar-refractivity contribution in [2.45, 2.75) is 18.8 Å². The van der Waals surface area contributed by atoms with Crippen molar-refractivity contribution >= 4 is 17.4 Å². The van der Waals surface area contributed by atoms with Crippen molar-refractivity contribution in [2.75, 3.05) is 18.0 Å². The Morgan fingerprint density at radius 2 is 2.05 bits per heavy atom. The van der Waals surface area contributed by atoms with E-state index < -0.39 is 11.8 Å². The number of fused-ring (bicyclic) bond motifs is 1. The highest BCUT2D eigenvalue weighted by Crippen LogP contribution is 2.31. The molecular weight excluding hydrogens is 268 g/mol. The number of nitrogens with zero attached hydrogens (tertiary/aromatic N) is 4. The molecule has 3 rings (SSSR count). The molecule has 106 valence electrons. The normalized spacial score (nSPS) is 18.4. The smallest absolute Gasteiger partial charge is 0.268 e. The van der Waals surface area contributed by atoms with Gasteiger partial charge in [-0.1, -0.05) is 0 Å². The lowest BCUT2D eigenvalue weighted by Gasteiger charge is -2.32. The number of primary amides is 1. The third kappa shape index (κ3) is 2.17. The quantitative estimate of drug-likeness (QED) is 0.893. The summed E-state index contributed by atoms with van der Waals surface area (Å²) in [5.41, 5.74) is 5.86. The van der Waals surface area contributed by atoms with E-state index in [-0.39, 0.29) is 31.6 Å². The molecule has 20 heavy (non-hydrogen) atoms. The first-order chi connectivity index (χ1) is 9.46. The molecule has 2 aromatic heterocycles. The highest BCUT2D eigenvalue weighted by molar-refractivity contribution is 5.91. The first kappa shape index (κ1) is 12.8. The lowest BCUT2D eigenvalue weighted by atomic mass is 10.1. The number of piperidine rings is 1. The molecule has 1 fully saturated rings. The van der Waals surface area contributed by atoms with E-state index in [4.69, 9.17) is 5.73 Å². The number of aromatic nitrogens is 3. The van der Waals surface area contributed by atoms with Gasteiger partial charge in [0.2, 0.25) is 0 Å². The van der Waals surface area contributed by atoms with Crippen LogP contribution in [-0.2, 0) is 0 Å². The number of hydrogen-bond acceptors (Lipinski definition) is 4. The molecule has 6 nitrogen and oxygen atoms in total. The molecule has 2 N–H and O–H groups in total. The molecule has 0 bridgehead atoms. The molecule has 0 spiro atoms. The fourth-order valence-electron chi connectivity index (χ4n) is 2.29. The topological polar surface area (TPSA) is 76.5 Å².